The largest absolute Gasteiger partial charge is 0.311 e. The maximum atomic E-state index is 11.0. The van der Waals surface area contributed by atoms with Crippen LogP contribution in [0.15, 0.2) is 23.2 Å². The van der Waals surface area contributed by atoms with Gasteiger partial charge in [-0.3, -0.25) is 4.79 Å². The second kappa shape index (κ2) is 3.75. The Morgan fingerprint density at radius 2 is 2.07 bits per heavy atom. The molecule has 0 atom stereocenters. The molecule has 0 aliphatic rings. The van der Waals surface area contributed by atoms with Gasteiger partial charge in [0.15, 0.2) is 9.84 Å². The van der Waals surface area contributed by atoms with Gasteiger partial charge in [0, 0.05) is 19.4 Å². The molecule has 0 aliphatic heterocycles. The zero-order valence-electron chi connectivity index (χ0n) is 7.81. The first-order chi connectivity index (χ1) is 6.39. The van der Waals surface area contributed by atoms with Gasteiger partial charge in [0.1, 0.15) is 5.82 Å². The minimum absolute atomic E-state index is 0.131. The molecule has 6 heteroatoms. The Morgan fingerprint density at radius 1 is 1.43 bits per heavy atom. The maximum Gasteiger partial charge on any atom is 0.222 e. The predicted octanol–water partition coefficient (Wildman–Crippen LogP) is 0.443. The van der Waals surface area contributed by atoms with E-state index >= 15 is 0 Å². The van der Waals surface area contributed by atoms with E-state index in [9.17, 15) is 13.2 Å². The van der Waals surface area contributed by atoms with Gasteiger partial charge in [0.05, 0.1) is 4.90 Å². The van der Waals surface area contributed by atoms with Gasteiger partial charge < -0.3 is 5.32 Å². The Morgan fingerprint density at radius 3 is 2.43 bits per heavy atom. The second-order valence-corrected chi connectivity index (χ2v) is 4.85. The van der Waals surface area contributed by atoms with Crippen molar-refractivity contribution in [1.29, 1.82) is 0 Å². The van der Waals surface area contributed by atoms with Crippen molar-refractivity contribution in [2.75, 3.05) is 11.6 Å². The van der Waals surface area contributed by atoms with Gasteiger partial charge in [0.25, 0.3) is 0 Å². The molecule has 0 aromatic carbocycles. The van der Waals surface area contributed by atoms with E-state index in [1.54, 1.807) is 0 Å². The zero-order chi connectivity index (χ0) is 10.8. The first kappa shape index (κ1) is 10.6. The number of pyridine rings is 1. The highest BCUT2D eigenvalue weighted by atomic mass is 32.2. The van der Waals surface area contributed by atoms with E-state index in [0.29, 0.717) is 5.82 Å². The summed E-state index contributed by atoms with van der Waals surface area (Å²) in [4.78, 5) is 14.5. The van der Waals surface area contributed by atoms with Gasteiger partial charge in [-0.2, -0.15) is 0 Å². The molecule has 1 aromatic heterocycles. The molecule has 0 fully saturated rings. The number of anilines is 1. The Hall–Kier alpha value is -1.43. The van der Waals surface area contributed by atoms with E-state index in [1.165, 1.54) is 25.3 Å². The summed E-state index contributed by atoms with van der Waals surface area (Å²) in [6.07, 6.45) is 2.31. The fourth-order valence-electron chi connectivity index (χ4n) is 0.854. The van der Waals surface area contributed by atoms with Crippen LogP contribution in [0, 0.1) is 0 Å². The fraction of sp³-hybridized carbons (Fsp3) is 0.250. The van der Waals surface area contributed by atoms with Crippen LogP contribution in [-0.4, -0.2) is 25.6 Å². The topological polar surface area (TPSA) is 76.1 Å². The lowest BCUT2D eigenvalue weighted by Crippen LogP contribution is -2.07. The van der Waals surface area contributed by atoms with Crippen LogP contribution in [0.3, 0.4) is 0 Å². The lowest BCUT2D eigenvalue weighted by atomic mass is 10.4. The summed E-state index contributed by atoms with van der Waals surface area (Å²) in [7, 11) is -3.22. The normalized spacial score (nSPS) is 11.0. The van der Waals surface area contributed by atoms with E-state index < -0.39 is 9.84 Å². The monoisotopic (exact) mass is 214 g/mol. The molecule has 0 radical (unpaired) electrons. The molecule has 1 aromatic rings. The summed E-state index contributed by atoms with van der Waals surface area (Å²) >= 11 is 0. The van der Waals surface area contributed by atoms with E-state index in [0.717, 1.165) is 6.26 Å². The number of aromatic nitrogens is 1. The molecule has 76 valence electrons. The third-order valence-corrected chi connectivity index (χ3v) is 2.57. The van der Waals surface area contributed by atoms with E-state index in [2.05, 4.69) is 10.3 Å². The highest BCUT2D eigenvalue weighted by Crippen LogP contribution is 2.09. The molecule has 0 bridgehead atoms. The summed E-state index contributed by atoms with van der Waals surface area (Å²) in [5.74, 6) is 0.0921. The molecule has 0 saturated heterocycles. The molecule has 0 spiro atoms. The molecule has 0 saturated carbocycles. The third kappa shape index (κ3) is 2.81. The average Bonchev–Trinajstić information content (AvgIpc) is 2.02. The van der Waals surface area contributed by atoms with Crippen molar-refractivity contribution >= 4 is 21.6 Å². The van der Waals surface area contributed by atoms with Gasteiger partial charge >= 0.3 is 0 Å². The zero-order valence-corrected chi connectivity index (χ0v) is 8.63. The van der Waals surface area contributed by atoms with Crippen LogP contribution in [0.25, 0.3) is 0 Å². The minimum atomic E-state index is -3.22. The lowest BCUT2D eigenvalue weighted by Gasteiger charge is -2.01. The summed E-state index contributed by atoms with van der Waals surface area (Å²) in [6.45, 7) is 1.35. The second-order valence-electron chi connectivity index (χ2n) is 2.83. The van der Waals surface area contributed by atoms with Gasteiger partial charge in [-0.15, -0.1) is 0 Å². The summed E-state index contributed by atoms with van der Waals surface area (Å²) in [5, 5.41) is 2.44. The highest BCUT2D eigenvalue weighted by Gasteiger charge is 2.07. The van der Waals surface area contributed by atoms with Crippen molar-refractivity contribution in [3.05, 3.63) is 18.3 Å². The van der Waals surface area contributed by atoms with Gasteiger partial charge in [-0.05, 0) is 12.1 Å². The van der Waals surface area contributed by atoms with Gasteiger partial charge in [0.2, 0.25) is 5.91 Å². The van der Waals surface area contributed by atoms with Crippen molar-refractivity contribution < 1.29 is 13.2 Å². The number of hydrogen-bond acceptors (Lipinski definition) is 4. The maximum absolute atomic E-state index is 11.0. The molecule has 1 N–H and O–H groups in total. The van der Waals surface area contributed by atoms with Crippen LogP contribution >= 0.6 is 0 Å². The van der Waals surface area contributed by atoms with Crippen LogP contribution in [-0.2, 0) is 14.6 Å². The number of amides is 1. The lowest BCUT2D eigenvalue weighted by molar-refractivity contribution is -0.114. The number of rotatable bonds is 2. The van der Waals surface area contributed by atoms with E-state index in [-0.39, 0.29) is 10.8 Å². The Balaban J connectivity index is 2.95. The molecular formula is C8H10N2O3S. The van der Waals surface area contributed by atoms with Crippen LogP contribution in [0.2, 0.25) is 0 Å². The fourth-order valence-corrected chi connectivity index (χ4v) is 1.41. The SMILES string of the molecule is CC(=O)Nc1ccc(S(C)(=O)=O)cn1. The molecule has 5 nitrogen and oxygen atoms in total. The van der Waals surface area contributed by atoms with Gasteiger partial charge in [-0.25, -0.2) is 13.4 Å². The summed E-state index contributed by atoms with van der Waals surface area (Å²) in [5.41, 5.74) is 0. The predicted molar refractivity (Wildman–Crippen MR) is 51.7 cm³/mol. The molecule has 14 heavy (non-hydrogen) atoms. The molecule has 1 rings (SSSR count). The average molecular weight is 214 g/mol. The number of carbonyl (C=O) groups excluding carboxylic acids is 1. The standard InChI is InChI=1S/C8H10N2O3S/c1-6(11)10-8-4-3-7(5-9-8)14(2,12)13/h3-5H,1-2H3,(H,9,10,11). The van der Waals surface area contributed by atoms with Crippen molar-refractivity contribution in [3.8, 4) is 0 Å². The van der Waals surface area contributed by atoms with Crippen molar-refractivity contribution in [3.63, 3.8) is 0 Å². The van der Waals surface area contributed by atoms with Crippen LogP contribution in [0.4, 0.5) is 5.82 Å². The summed E-state index contributed by atoms with van der Waals surface area (Å²) in [6, 6.07) is 2.84. The van der Waals surface area contributed by atoms with Gasteiger partial charge in [-0.1, -0.05) is 0 Å². The minimum Gasteiger partial charge on any atom is -0.311 e. The molecular weight excluding hydrogens is 204 g/mol. The number of hydrogen-bond donors (Lipinski definition) is 1. The third-order valence-electron chi connectivity index (χ3n) is 1.47. The quantitative estimate of drug-likeness (QED) is 0.775. The smallest absolute Gasteiger partial charge is 0.222 e. The van der Waals surface area contributed by atoms with E-state index in [1.807, 2.05) is 0 Å². The number of sulfone groups is 1. The number of nitrogens with one attached hydrogen (secondary N) is 1. The van der Waals surface area contributed by atoms with Crippen molar-refractivity contribution in [1.82, 2.24) is 4.98 Å². The molecule has 0 unspecified atom stereocenters. The van der Waals surface area contributed by atoms with E-state index in [4.69, 9.17) is 0 Å². The molecule has 1 amide bonds. The first-order valence-electron chi connectivity index (χ1n) is 3.83. The highest BCUT2D eigenvalue weighted by molar-refractivity contribution is 7.90. The van der Waals surface area contributed by atoms with Crippen molar-refractivity contribution in [2.45, 2.75) is 11.8 Å². The van der Waals surface area contributed by atoms with Crippen LogP contribution in [0.1, 0.15) is 6.92 Å². The van der Waals surface area contributed by atoms with Crippen LogP contribution in [0.5, 0.6) is 0 Å². The summed E-state index contributed by atoms with van der Waals surface area (Å²) < 4.78 is 22.1. The Labute approximate surface area is 82.1 Å². The Kier molecular flexibility index (Phi) is 2.85. The molecule has 0 aliphatic carbocycles. The van der Waals surface area contributed by atoms with Crippen LogP contribution < -0.4 is 5.32 Å². The molecule has 1 heterocycles. The van der Waals surface area contributed by atoms with Crippen molar-refractivity contribution in [2.24, 2.45) is 0 Å². The number of carbonyl (C=O) groups is 1. The Bertz CT molecular complexity index is 436. The first-order valence-corrected chi connectivity index (χ1v) is 5.72. The number of nitrogens with zero attached hydrogens (tertiary/aromatic N) is 1.